The largest absolute Gasteiger partial charge is 0.481 e. The zero-order valence-electron chi connectivity index (χ0n) is 17.9. The number of halogens is 2. The number of likely N-dealkylation sites (tertiary alicyclic amines) is 1. The monoisotopic (exact) mass is 442 g/mol. The molecule has 1 atom stereocenters. The van der Waals surface area contributed by atoms with Gasteiger partial charge in [-0.25, -0.2) is 8.78 Å². The van der Waals surface area contributed by atoms with Crippen LogP contribution in [0, 0.1) is 0 Å². The molecule has 0 bridgehead atoms. The maximum Gasteiger partial charge on any atom is 0.291 e. The molecule has 3 heterocycles. The highest BCUT2D eigenvalue weighted by molar-refractivity contribution is 5.95. The first kappa shape index (κ1) is 21.3. The lowest BCUT2D eigenvalue weighted by molar-refractivity contribution is -0.187. The van der Waals surface area contributed by atoms with Crippen molar-refractivity contribution in [3.05, 3.63) is 53.6 Å². The van der Waals surface area contributed by atoms with Gasteiger partial charge in [-0.2, -0.15) is 0 Å². The molecule has 5 rings (SSSR count). The maximum atomic E-state index is 15.1. The fraction of sp³-hybridized carbons (Fsp3) is 0.480. The van der Waals surface area contributed by atoms with Gasteiger partial charge < -0.3 is 20.1 Å². The second-order valence-corrected chi connectivity index (χ2v) is 9.10. The van der Waals surface area contributed by atoms with E-state index in [9.17, 15) is 9.90 Å². The Hall–Kier alpha value is -2.51. The highest BCUT2D eigenvalue weighted by Gasteiger charge is 2.58. The van der Waals surface area contributed by atoms with Gasteiger partial charge in [0.25, 0.3) is 11.8 Å². The van der Waals surface area contributed by atoms with Crippen LogP contribution in [0.2, 0.25) is 0 Å². The lowest BCUT2D eigenvalue weighted by atomic mass is 9.80. The van der Waals surface area contributed by atoms with Crippen LogP contribution >= 0.6 is 0 Å². The van der Waals surface area contributed by atoms with E-state index < -0.39 is 11.5 Å². The molecule has 170 valence electrons. The molecule has 3 aliphatic heterocycles. The number of nitrogens with zero attached hydrogens (tertiary/aromatic N) is 1. The van der Waals surface area contributed by atoms with E-state index in [4.69, 9.17) is 4.74 Å². The number of benzene rings is 2. The number of carbonyl (C=O) groups excluding carboxylic acids is 1. The summed E-state index contributed by atoms with van der Waals surface area (Å²) in [7, 11) is 0. The molecule has 0 aromatic heterocycles. The molecule has 2 aromatic rings. The first-order valence-corrected chi connectivity index (χ1v) is 11.4. The maximum absolute atomic E-state index is 15.1. The van der Waals surface area contributed by atoms with Crippen LogP contribution in [0.3, 0.4) is 0 Å². The van der Waals surface area contributed by atoms with Crippen molar-refractivity contribution in [3.63, 3.8) is 0 Å². The summed E-state index contributed by atoms with van der Waals surface area (Å²) in [6.07, 6.45) is 1.98. The van der Waals surface area contributed by atoms with Crippen molar-refractivity contribution < 1.29 is 23.4 Å². The zero-order chi connectivity index (χ0) is 22.3. The van der Waals surface area contributed by atoms with Gasteiger partial charge in [-0.1, -0.05) is 18.2 Å². The lowest BCUT2D eigenvalue weighted by Crippen LogP contribution is -2.60. The number of amides is 1. The fourth-order valence-electron chi connectivity index (χ4n) is 5.24. The first-order chi connectivity index (χ1) is 15.4. The van der Waals surface area contributed by atoms with E-state index in [2.05, 4.69) is 5.32 Å². The number of rotatable bonds is 3. The van der Waals surface area contributed by atoms with Crippen LogP contribution in [0.25, 0.3) is 11.1 Å². The van der Waals surface area contributed by atoms with Crippen LogP contribution in [0.4, 0.5) is 8.78 Å². The number of nitrogens with one attached hydrogen (secondary N) is 1. The van der Waals surface area contributed by atoms with Crippen LogP contribution in [-0.4, -0.2) is 59.7 Å². The molecule has 0 aliphatic carbocycles. The Bertz CT molecular complexity index is 1000. The average Bonchev–Trinajstić information content (AvgIpc) is 3.29. The number of hydrogen-bond acceptors (Lipinski definition) is 4. The predicted octanol–water partition coefficient (Wildman–Crippen LogP) is 3.64. The number of aliphatic hydroxyl groups is 1. The third-order valence-corrected chi connectivity index (χ3v) is 7.17. The number of alkyl halides is 2. The Balaban J connectivity index is 1.37. The van der Waals surface area contributed by atoms with Crippen molar-refractivity contribution in [1.82, 2.24) is 10.2 Å². The van der Waals surface area contributed by atoms with Crippen LogP contribution in [0.5, 0.6) is 5.75 Å². The molecule has 5 nitrogen and oxygen atoms in total. The summed E-state index contributed by atoms with van der Waals surface area (Å²) in [5.74, 6) is -2.47. The summed E-state index contributed by atoms with van der Waals surface area (Å²) in [6.45, 7) is 1.70. The second kappa shape index (κ2) is 8.12. The van der Waals surface area contributed by atoms with Crippen LogP contribution < -0.4 is 10.1 Å². The first-order valence-electron chi connectivity index (χ1n) is 11.4. The normalized spacial score (nSPS) is 23.6. The van der Waals surface area contributed by atoms with Gasteiger partial charge in [-0.15, -0.1) is 0 Å². The molecule has 32 heavy (non-hydrogen) atoms. The number of piperidine rings is 1. The van der Waals surface area contributed by atoms with Crippen LogP contribution in [0.15, 0.2) is 42.5 Å². The van der Waals surface area contributed by atoms with E-state index in [1.54, 1.807) is 29.2 Å². The van der Waals surface area contributed by atoms with E-state index in [1.165, 1.54) is 0 Å². The quantitative estimate of drug-likeness (QED) is 0.762. The SMILES string of the molecule is O=C(c1ccc(-c2ccc3c(c2)CC(F)(F)C2(CCNCC2)O3)cc1)N1CCC[C@@H]1CO. The molecule has 2 fully saturated rings. The minimum Gasteiger partial charge on any atom is -0.481 e. The molecule has 0 unspecified atom stereocenters. The summed E-state index contributed by atoms with van der Waals surface area (Å²) >= 11 is 0. The van der Waals surface area contributed by atoms with Crippen molar-refractivity contribution in [2.45, 2.75) is 49.7 Å². The second-order valence-electron chi connectivity index (χ2n) is 9.10. The standard InChI is InChI=1S/C25H28F2N2O3/c26-25(27)15-20-14-19(7-8-22(20)32-24(25)9-11-28-12-10-24)17-3-5-18(6-4-17)23(31)29-13-1-2-21(29)16-30/h3-8,14,21,28,30H,1-2,9-13,15-16H2/t21-/m1/s1. The summed E-state index contributed by atoms with van der Waals surface area (Å²) in [4.78, 5) is 14.5. The Labute approximate surface area is 186 Å². The van der Waals surface area contributed by atoms with Gasteiger partial charge in [-0.05, 0) is 61.3 Å². The molecule has 0 radical (unpaired) electrons. The van der Waals surface area contributed by atoms with E-state index in [0.717, 1.165) is 24.0 Å². The van der Waals surface area contributed by atoms with Gasteiger partial charge in [0.1, 0.15) is 5.75 Å². The van der Waals surface area contributed by atoms with Crippen LogP contribution in [0.1, 0.15) is 41.6 Å². The van der Waals surface area contributed by atoms with E-state index in [0.29, 0.717) is 49.4 Å². The summed E-state index contributed by atoms with van der Waals surface area (Å²) in [5, 5.41) is 12.6. The molecule has 3 aliphatic rings. The third-order valence-electron chi connectivity index (χ3n) is 7.17. The van der Waals surface area contributed by atoms with Crippen molar-refractivity contribution in [3.8, 4) is 16.9 Å². The third kappa shape index (κ3) is 3.57. The number of fused-ring (bicyclic) bond motifs is 1. The van der Waals surface area contributed by atoms with Gasteiger partial charge >= 0.3 is 0 Å². The van der Waals surface area contributed by atoms with Gasteiger partial charge in [0.2, 0.25) is 0 Å². The Kier molecular flexibility index (Phi) is 5.42. The zero-order valence-corrected chi connectivity index (χ0v) is 17.9. The Morgan fingerprint density at radius 2 is 1.84 bits per heavy atom. The van der Waals surface area contributed by atoms with Gasteiger partial charge in [0.05, 0.1) is 12.6 Å². The number of ether oxygens (including phenoxy) is 1. The summed E-state index contributed by atoms with van der Waals surface area (Å²) < 4.78 is 36.1. The van der Waals surface area contributed by atoms with Crippen molar-refractivity contribution >= 4 is 5.91 Å². The Morgan fingerprint density at radius 1 is 1.12 bits per heavy atom. The summed E-state index contributed by atoms with van der Waals surface area (Å²) in [5.41, 5.74) is 1.33. The molecule has 1 amide bonds. The molecule has 2 saturated heterocycles. The Morgan fingerprint density at radius 3 is 2.56 bits per heavy atom. The van der Waals surface area contributed by atoms with Crippen molar-refractivity contribution in [2.24, 2.45) is 0 Å². The van der Waals surface area contributed by atoms with Crippen molar-refractivity contribution in [1.29, 1.82) is 0 Å². The minimum absolute atomic E-state index is 0.0244. The number of hydrogen-bond donors (Lipinski definition) is 2. The van der Waals surface area contributed by atoms with E-state index in [1.807, 2.05) is 18.2 Å². The van der Waals surface area contributed by atoms with Crippen molar-refractivity contribution in [2.75, 3.05) is 26.2 Å². The molecule has 0 saturated carbocycles. The summed E-state index contributed by atoms with van der Waals surface area (Å²) in [6, 6.07) is 12.5. The van der Waals surface area contributed by atoms with Gasteiger partial charge in [0, 0.05) is 36.9 Å². The molecule has 2 N–H and O–H groups in total. The van der Waals surface area contributed by atoms with Gasteiger partial charge in [-0.3, -0.25) is 4.79 Å². The number of aliphatic hydroxyl groups excluding tert-OH is 1. The molecule has 1 spiro atoms. The average molecular weight is 443 g/mol. The lowest BCUT2D eigenvalue weighted by Gasteiger charge is -2.46. The highest BCUT2D eigenvalue weighted by atomic mass is 19.3. The number of carbonyl (C=O) groups is 1. The van der Waals surface area contributed by atoms with E-state index >= 15 is 8.78 Å². The topological polar surface area (TPSA) is 61.8 Å². The highest BCUT2D eigenvalue weighted by Crippen LogP contribution is 2.48. The molecule has 7 heteroatoms. The predicted molar refractivity (Wildman–Crippen MR) is 117 cm³/mol. The van der Waals surface area contributed by atoms with Gasteiger partial charge in [0.15, 0.2) is 5.60 Å². The molecular formula is C25H28F2N2O3. The van der Waals surface area contributed by atoms with E-state index in [-0.39, 0.29) is 25.0 Å². The minimum atomic E-state index is -2.92. The smallest absolute Gasteiger partial charge is 0.291 e. The molecule has 2 aromatic carbocycles. The van der Waals surface area contributed by atoms with Crippen LogP contribution in [-0.2, 0) is 6.42 Å². The fourth-order valence-corrected chi connectivity index (χ4v) is 5.24. The molecular weight excluding hydrogens is 414 g/mol.